The van der Waals surface area contributed by atoms with E-state index in [1.807, 2.05) is 25.1 Å². The summed E-state index contributed by atoms with van der Waals surface area (Å²) in [5.41, 5.74) is 6.94. The molecule has 0 radical (unpaired) electrons. The van der Waals surface area contributed by atoms with Gasteiger partial charge in [-0.15, -0.1) is 0 Å². The molecule has 0 spiro atoms. The number of carboxylic acid groups (broad SMARTS) is 1. The Morgan fingerprint density at radius 2 is 2.14 bits per heavy atom. The van der Waals surface area contributed by atoms with Crippen molar-refractivity contribution in [2.24, 2.45) is 11.8 Å². The third-order valence-electron chi connectivity index (χ3n) is 3.53. The Kier molecular flexibility index (Phi) is 5.24. The highest BCUT2D eigenvalue weighted by atomic mass is 79.9. The van der Waals surface area contributed by atoms with Gasteiger partial charge in [-0.2, -0.15) is 0 Å². The lowest BCUT2D eigenvalue weighted by atomic mass is 9.90. The average molecular weight is 357 g/mol. The summed E-state index contributed by atoms with van der Waals surface area (Å²) >= 11 is 3.44. The monoisotopic (exact) mass is 356 g/mol. The van der Waals surface area contributed by atoms with Crippen LogP contribution in [0, 0.1) is 11.8 Å². The summed E-state index contributed by atoms with van der Waals surface area (Å²) in [7, 11) is 0. The smallest absolute Gasteiger partial charge is 0.310 e. The Hall–Kier alpha value is -1.11. The van der Waals surface area contributed by atoms with E-state index in [4.69, 9.17) is 4.74 Å². The van der Waals surface area contributed by atoms with E-state index in [1.165, 1.54) is 0 Å². The lowest BCUT2D eigenvalue weighted by Gasteiger charge is -2.21. The molecule has 0 saturated carbocycles. The minimum absolute atomic E-state index is 0.149. The average Bonchev–Trinajstić information content (AvgIpc) is 2.79. The lowest BCUT2D eigenvalue weighted by molar-refractivity contribution is -0.142. The van der Waals surface area contributed by atoms with Crippen LogP contribution in [0.15, 0.2) is 22.7 Å². The van der Waals surface area contributed by atoms with Crippen LogP contribution in [-0.4, -0.2) is 23.7 Å². The van der Waals surface area contributed by atoms with E-state index in [1.54, 1.807) is 0 Å². The third kappa shape index (κ3) is 3.75. The fourth-order valence-corrected chi connectivity index (χ4v) is 2.85. The maximum atomic E-state index is 11.5. The fourth-order valence-electron chi connectivity index (χ4n) is 2.47. The number of carbonyl (C=O) groups is 1. The van der Waals surface area contributed by atoms with Gasteiger partial charge >= 0.3 is 5.97 Å². The van der Waals surface area contributed by atoms with Crippen molar-refractivity contribution in [2.45, 2.75) is 32.9 Å². The van der Waals surface area contributed by atoms with Crippen LogP contribution in [0.5, 0.6) is 5.75 Å². The SMILES string of the molecule is CC(C)COc1ccc(Br)cc1C1NNC(C)C1C(=O)O. The molecule has 21 heavy (non-hydrogen) atoms. The minimum atomic E-state index is -0.820. The summed E-state index contributed by atoms with van der Waals surface area (Å²) in [6.07, 6.45) is 0. The maximum Gasteiger partial charge on any atom is 0.310 e. The maximum absolute atomic E-state index is 11.5. The molecule has 1 aromatic rings. The predicted molar refractivity (Wildman–Crippen MR) is 84.1 cm³/mol. The number of carboxylic acids is 1. The van der Waals surface area contributed by atoms with E-state index in [0.717, 1.165) is 15.8 Å². The molecule has 3 unspecified atom stereocenters. The topological polar surface area (TPSA) is 70.6 Å². The third-order valence-corrected chi connectivity index (χ3v) is 4.02. The van der Waals surface area contributed by atoms with E-state index >= 15 is 0 Å². The Morgan fingerprint density at radius 1 is 1.43 bits per heavy atom. The van der Waals surface area contributed by atoms with Crippen LogP contribution in [0.3, 0.4) is 0 Å². The molecule has 0 aromatic heterocycles. The van der Waals surface area contributed by atoms with Gasteiger partial charge in [-0.25, -0.2) is 5.43 Å². The van der Waals surface area contributed by atoms with Crippen LogP contribution >= 0.6 is 15.9 Å². The highest BCUT2D eigenvalue weighted by Gasteiger charge is 2.40. The zero-order chi connectivity index (χ0) is 15.6. The number of ether oxygens (including phenoxy) is 1. The number of rotatable bonds is 5. The molecule has 5 nitrogen and oxygen atoms in total. The number of halogens is 1. The minimum Gasteiger partial charge on any atom is -0.493 e. The van der Waals surface area contributed by atoms with Gasteiger partial charge in [0.15, 0.2) is 0 Å². The van der Waals surface area contributed by atoms with Gasteiger partial charge in [0.1, 0.15) is 5.75 Å². The van der Waals surface area contributed by atoms with Crippen LogP contribution in [0.25, 0.3) is 0 Å². The Balaban J connectivity index is 2.32. The molecule has 116 valence electrons. The second-order valence-corrected chi connectivity index (χ2v) is 6.72. The van der Waals surface area contributed by atoms with Crippen molar-refractivity contribution in [3.05, 3.63) is 28.2 Å². The van der Waals surface area contributed by atoms with E-state index in [0.29, 0.717) is 12.5 Å². The fraction of sp³-hybridized carbons (Fsp3) is 0.533. The summed E-state index contributed by atoms with van der Waals surface area (Å²) in [6, 6.07) is 5.23. The first-order valence-corrected chi connectivity index (χ1v) is 7.85. The number of aliphatic carboxylic acids is 1. The molecule has 2 rings (SSSR count). The van der Waals surface area contributed by atoms with Gasteiger partial charge in [-0.1, -0.05) is 29.8 Å². The van der Waals surface area contributed by atoms with E-state index in [9.17, 15) is 9.90 Å². The largest absolute Gasteiger partial charge is 0.493 e. The summed E-state index contributed by atoms with van der Waals surface area (Å²) in [5.74, 6) is -0.225. The molecular formula is C15H21BrN2O3. The number of hydrogen-bond donors (Lipinski definition) is 3. The summed E-state index contributed by atoms with van der Waals surface area (Å²) < 4.78 is 6.75. The normalized spacial score (nSPS) is 25.3. The van der Waals surface area contributed by atoms with E-state index < -0.39 is 11.9 Å². The molecule has 1 heterocycles. The van der Waals surface area contributed by atoms with E-state index in [-0.39, 0.29) is 12.1 Å². The molecule has 0 amide bonds. The molecule has 1 saturated heterocycles. The second kappa shape index (κ2) is 6.77. The van der Waals surface area contributed by atoms with Gasteiger partial charge in [0, 0.05) is 16.1 Å². The molecule has 3 atom stereocenters. The second-order valence-electron chi connectivity index (χ2n) is 5.81. The molecule has 0 aliphatic carbocycles. The van der Waals surface area contributed by atoms with Crippen LogP contribution < -0.4 is 15.6 Å². The highest BCUT2D eigenvalue weighted by molar-refractivity contribution is 9.10. The van der Waals surface area contributed by atoms with Gasteiger partial charge in [0.25, 0.3) is 0 Å². The van der Waals surface area contributed by atoms with Gasteiger partial charge in [0.05, 0.1) is 18.6 Å². The zero-order valence-electron chi connectivity index (χ0n) is 12.4. The first-order chi connectivity index (χ1) is 9.90. The van der Waals surface area contributed by atoms with Crippen LogP contribution in [0.1, 0.15) is 32.4 Å². The van der Waals surface area contributed by atoms with Crippen molar-refractivity contribution < 1.29 is 14.6 Å². The molecule has 0 bridgehead atoms. The number of hydrogen-bond acceptors (Lipinski definition) is 4. The summed E-state index contributed by atoms with van der Waals surface area (Å²) in [4.78, 5) is 11.5. The number of nitrogens with one attached hydrogen (secondary N) is 2. The molecule has 1 aliphatic heterocycles. The Bertz CT molecular complexity index is 522. The van der Waals surface area contributed by atoms with Crippen molar-refractivity contribution in [3.63, 3.8) is 0 Å². The van der Waals surface area contributed by atoms with Crippen molar-refractivity contribution in [1.29, 1.82) is 0 Å². The van der Waals surface area contributed by atoms with Gasteiger partial charge in [-0.3, -0.25) is 10.2 Å². The van der Waals surface area contributed by atoms with Crippen LogP contribution in [0.2, 0.25) is 0 Å². The zero-order valence-corrected chi connectivity index (χ0v) is 14.0. The summed E-state index contributed by atoms with van der Waals surface area (Å²) in [5, 5.41) is 9.46. The molecule has 1 aromatic carbocycles. The Morgan fingerprint density at radius 3 is 2.76 bits per heavy atom. The van der Waals surface area contributed by atoms with Gasteiger partial charge < -0.3 is 9.84 Å². The Labute approximate surface area is 133 Å². The number of benzene rings is 1. The highest BCUT2D eigenvalue weighted by Crippen LogP contribution is 2.36. The van der Waals surface area contributed by atoms with Crippen molar-refractivity contribution in [3.8, 4) is 5.75 Å². The molecule has 1 aliphatic rings. The van der Waals surface area contributed by atoms with Gasteiger partial charge in [0.2, 0.25) is 0 Å². The predicted octanol–water partition coefficient (Wildman–Crippen LogP) is 2.72. The van der Waals surface area contributed by atoms with Gasteiger partial charge in [-0.05, 0) is 31.0 Å². The van der Waals surface area contributed by atoms with Crippen molar-refractivity contribution in [1.82, 2.24) is 10.9 Å². The number of hydrazine groups is 1. The van der Waals surface area contributed by atoms with Crippen LogP contribution in [0.4, 0.5) is 0 Å². The first-order valence-electron chi connectivity index (χ1n) is 7.06. The molecular weight excluding hydrogens is 336 g/mol. The molecule has 3 N–H and O–H groups in total. The van der Waals surface area contributed by atoms with Crippen molar-refractivity contribution in [2.75, 3.05) is 6.61 Å². The van der Waals surface area contributed by atoms with Crippen molar-refractivity contribution >= 4 is 21.9 Å². The standard InChI is InChI=1S/C15H21BrN2O3/c1-8(2)7-21-12-5-4-10(16)6-11(12)14-13(15(19)20)9(3)17-18-14/h4-6,8-9,13-14,17-18H,7H2,1-3H3,(H,19,20). The molecule has 6 heteroatoms. The first kappa shape index (κ1) is 16.3. The summed E-state index contributed by atoms with van der Waals surface area (Å²) in [6.45, 7) is 6.62. The lowest BCUT2D eigenvalue weighted by Crippen LogP contribution is -2.30. The van der Waals surface area contributed by atoms with Crippen LogP contribution in [-0.2, 0) is 4.79 Å². The van der Waals surface area contributed by atoms with E-state index in [2.05, 4.69) is 40.6 Å². The quantitative estimate of drug-likeness (QED) is 0.756. The molecule has 1 fully saturated rings.